The minimum absolute atomic E-state index is 0.0265. The number of nitrogens with one attached hydrogen (secondary N) is 4. The van der Waals surface area contributed by atoms with E-state index in [0.717, 1.165) is 61.2 Å². The number of benzene rings is 8. The molecule has 8 amide bonds. The van der Waals surface area contributed by atoms with Crippen molar-refractivity contribution in [3.8, 4) is 0 Å². The van der Waals surface area contributed by atoms with E-state index in [1.807, 2.05) is 164 Å². The standard InChI is InChI=1S/C86H92N8O14/c95-74(41-45-82(103)104)87-51-48-79(100)92-55-11-10-54-91(78(99)44-40-77(98)90-60-65-20-30-69(31-21-65)86(68-18-8-3-9-19-68)85(66-14-4-1-5-15-66)67-16-6-2-7-17-67)70-32-22-61(23-33-70)58-62-24-36-72(37-25-62)93(80(101)49-52-88-75(96)42-46-83(105)106)56-12-13-57-94(81(102)50-53-89-76(97)43-47-84(107)108)73-38-28-64(29-39-73)59-63-26-34-71(92)35-27-63/h1-9,14-39H,10-13,40-60H2,(H,87,95)(H,88,96)(H,89,97)(H,90,98)(H,103,104)(H,105,106)(H,107,108). The molecule has 7 heterocycles. The lowest BCUT2D eigenvalue weighted by Crippen LogP contribution is -2.37. The third-order valence-electron chi connectivity index (χ3n) is 18.5. The quantitative estimate of drug-likeness (QED) is 0.0236. The average Bonchev–Trinajstić information content (AvgIpc) is 0.785. The van der Waals surface area contributed by atoms with E-state index < -0.39 is 35.6 Å². The Morgan fingerprint density at radius 2 is 0.519 bits per heavy atom. The van der Waals surface area contributed by atoms with Crippen LogP contribution in [-0.2, 0) is 72.1 Å². The van der Waals surface area contributed by atoms with Gasteiger partial charge in [-0.2, -0.15) is 0 Å². The molecule has 0 saturated carbocycles. The molecule has 15 rings (SSSR count). The van der Waals surface area contributed by atoms with E-state index >= 15 is 0 Å². The van der Waals surface area contributed by atoms with Gasteiger partial charge < -0.3 is 56.2 Å². The fourth-order valence-electron chi connectivity index (χ4n) is 12.7. The first-order valence-electron chi connectivity index (χ1n) is 36.6. The number of carbonyl (C=O) groups excluding carboxylic acids is 8. The maximum Gasteiger partial charge on any atom is 0.303 e. The van der Waals surface area contributed by atoms with Crippen molar-refractivity contribution in [2.24, 2.45) is 0 Å². The number of amides is 8. The second-order valence-corrected chi connectivity index (χ2v) is 26.4. The lowest BCUT2D eigenvalue weighted by atomic mass is 9.85. The number of carboxylic acids is 3. The fourth-order valence-corrected chi connectivity index (χ4v) is 12.7. The molecule has 0 unspecified atom stereocenters. The summed E-state index contributed by atoms with van der Waals surface area (Å²) in [6, 6.07) is 69.0. The zero-order valence-electron chi connectivity index (χ0n) is 60.5. The highest BCUT2D eigenvalue weighted by Gasteiger charge is 2.24. The van der Waals surface area contributed by atoms with Crippen molar-refractivity contribution in [2.75, 3.05) is 65.4 Å². The van der Waals surface area contributed by atoms with E-state index in [-0.39, 0.29) is 153 Å². The van der Waals surface area contributed by atoms with Crippen LogP contribution in [0.25, 0.3) is 11.1 Å². The fraction of sp³-hybridized carbons (Fsp3) is 0.291. The maximum atomic E-state index is 14.6. The summed E-state index contributed by atoms with van der Waals surface area (Å²) >= 11 is 0. The number of aliphatic carboxylic acids is 3. The van der Waals surface area contributed by atoms with Crippen LogP contribution in [0.3, 0.4) is 0 Å². The van der Waals surface area contributed by atoms with Crippen molar-refractivity contribution in [2.45, 2.75) is 116 Å². The van der Waals surface area contributed by atoms with Crippen LogP contribution in [0.1, 0.15) is 146 Å². The topological polar surface area (TPSA) is 310 Å². The predicted octanol–water partition coefficient (Wildman–Crippen LogP) is 11.7. The maximum absolute atomic E-state index is 14.6. The molecule has 7 aliphatic heterocycles. The first-order valence-corrected chi connectivity index (χ1v) is 36.6. The predicted molar refractivity (Wildman–Crippen MR) is 415 cm³/mol. The molecule has 0 aliphatic carbocycles. The highest BCUT2D eigenvalue weighted by atomic mass is 16.4. The van der Waals surface area contributed by atoms with E-state index in [1.54, 1.807) is 19.6 Å². The van der Waals surface area contributed by atoms with Gasteiger partial charge in [-0.25, -0.2) is 0 Å². The summed E-state index contributed by atoms with van der Waals surface area (Å²) in [5, 5.41) is 38.3. The number of nitrogens with zero attached hydrogens (tertiary/aromatic N) is 4. The lowest BCUT2D eigenvalue weighted by molar-refractivity contribution is -0.139. The summed E-state index contributed by atoms with van der Waals surface area (Å²) < 4.78 is 0. The monoisotopic (exact) mass is 1460 g/mol. The Kier molecular flexibility index (Phi) is 30.6. The molecule has 0 atom stereocenters. The molecule has 7 N–H and O–H groups in total. The largest absolute Gasteiger partial charge is 0.481 e. The van der Waals surface area contributed by atoms with Crippen LogP contribution < -0.4 is 40.9 Å². The molecular weight excluding hydrogens is 1370 g/mol. The van der Waals surface area contributed by atoms with Gasteiger partial charge in [-0.1, -0.05) is 164 Å². The van der Waals surface area contributed by atoms with Gasteiger partial charge in [-0.3, -0.25) is 52.7 Å². The number of carbonyl (C=O) groups is 11. The number of hydrogen-bond acceptors (Lipinski definition) is 11. The first kappa shape index (κ1) is 79.8. The van der Waals surface area contributed by atoms with Crippen LogP contribution in [0.2, 0.25) is 0 Å². The van der Waals surface area contributed by atoms with Gasteiger partial charge >= 0.3 is 17.9 Å². The van der Waals surface area contributed by atoms with Gasteiger partial charge in [0.25, 0.3) is 0 Å². The molecule has 108 heavy (non-hydrogen) atoms. The van der Waals surface area contributed by atoms with Crippen molar-refractivity contribution in [1.29, 1.82) is 0 Å². The summed E-state index contributed by atoms with van der Waals surface area (Å²) in [4.78, 5) is 148. The third-order valence-corrected chi connectivity index (χ3v) is 18.5. The molecule has 22 nitrogen and oxygen atoms in total. The Morgan fingerprint density at radius 3 is 0.796 bits per heavy atom. The minimum Gasteiger partial charge on any atom is -0.481 e. The Labute approximate surface area is 628 Å². The lowest BCUT2D eigenvalue weighted by Gasteiger charge is -2.26. The molecule has 0 spiro atoms. The Morgan fingerprint density at radius 1 is 0.269 bits per heavy atom. The first-order chi connectivity index (χ1) is 52.3. The zero-order valence-corrected chi connectivity index (χ0v) is 60.5. The molecule has 0 radical (unpaired) electrons. The summed E-state index contributed by atoms with van der Waals surface area (Å²) in [5.74, 6) is -6.34. The highest BCUT2D eigenvalue weighted by Crippen LogP contribution is 2.37. The Bertz CT molecular complexity index is 4360. The van der Waals surface area contributed by atoms with Crippen LogP contribution in [0.5, 0.6) is 0 Å². The molecule has 0 aromatic heterocycles. The molecule has 8 aromatic carbocycles. The van der Waals surface area contributed by atoms with Gasteiger partial charge in [-0.15, -0.1) is 0 Å². The summed E-state index contributed by atoms with van der Waals surface area (Å²) in [7, 11) is 0. The van der Waals surface area contributed by atoms with E-state index in [9.17, 15) is 52.7 Å². The minimum atomic E-state index is -1.12. The molecular formula is C86H92N8O14. The van der Waals surface area contributed by atoms with Gasteiger partial charge in [-0.05, 0) is 148 Å². The number of carboxylic acid groups (broad SMARTS) is 3. The van der Waals surface area contributed by atoms with Crippen molar-refractivity contribution in [3.05, 3.63) is 262 Å². The normalized spacial score (nSPS) is 12.7. The molecule has 8 bridgehead atoms. The number of hydrogen-bond donors (Lipinski definition) is 7. The van der Waals surface area contributed by atoms with Gasteiger partial charge in [0.05, 0.1) is 19.3 Å². The van der Waals surface area contributed by atoms with E-state index in [4.69, 9.17) is 15.3 Å². The van der Waals surface area contributed by atoms with E-state index in [1.165, 1.54) is 0 Å². The van der Waals surface area contributed by atoms with Crippen molar-refractivity contribution >= 4 is 99.1 Å². The Hall–Kier alpha value is -12.3. The molecule has 0 saturated heterocycles. The second-order valence-electron chi connectivity index (χ2n) is 26.4. The number of rotatable bonds is 27. The van der Waals surface area contributed by atoms with Gasteiger partial charge in [0.15, 0.2) is 0 Å². The highest BCUT2D eigenvalue weighted by molar-refractivity contribution is 6.05. The number of anilines is 4. The van der Waals surface area contributed by atoms with E-state index in [0.29, 0.717) is 61.3 Å². The zero-order chi connectivity index (χ0) is 76.6. The average molecular weight is 1460 g/mol. The van der Waals surface area contributed by atoms with Crippen LogP contribution in [0.15, 0.2) is 212 Å². The molecule has 0 fully saturated rings. The summed E-state index contributed by atoms with van der Waals surface area (Å²) in [6.45, 7) is 1.05. The van der Waals surface area contributed by atoms with Crippen LogP contribution in [-0.4, -0.2) is 126 Å². The molecule has 8 aromatic rings. The molecule has 22 heteroatoms. The Balaban J connectivity index is 0.949. The summed E-state index contributed by atoms with van der Waals surface area (Å²) in [6.07, 6.45) is 0.393. The summed E-state index contributed by atoms with van der Waals surface area (Å²) in [5.41, 5.74) is 13.1. The third kappa shape index (κ3) is 25.2. The van der Waals surface area contributed by atoms with E-state index in [2.05, 4.69) is 69.8 Å². The second kappa shape index (κ2) is 41.4. The van der Waals surface area contributed by atoms with Crippen LogP contribution in [0.4, 0.5) is 22.7 Å². The van der Waals surface area contributed by atoms with Crippen molar-refractivity contribution in [3.63, 3.8) is 0 Å². The molecule has 560 valence electrons. The molecule has 7 aliphatic rings. The smallest absolute Gasteiger partial charge is 0.303 e. The van der Waals surface area contributed by atoms with Crippen molar-refractivity contribution < 1.29 is 68.1 Å². The van der Waals surface area contributed by atoms with Gasteiger partial charge in [0.2, 0.25) is 47.3 Å². The van der Waals surface area contributed by atoms with Gasteiger partial charge in [0, 0.05) is 126 Å². The van der Waals surface area contributed by atoms with Gasteiger partial charge in [0.1, 0.15) is 0 Å². The van der Waals surface area contributed by atoms with Crippen LogP contribution in [0, 0.1) is 0 Å². The SMILES string of the molecule is O=C(O)CCC(=O)NCCC(=O)N1CCCCN(C(=O)CCNC(=O)CCC(=O)O)c2ccc(cc2)Cc2ccc(cc2)N(C(=O)CCC(=O)NCc2ccc(C(=C(c3ccccc3)c3ccccc3)c3ccccc3)cc2)CCCCN(C(=O)CCNC(=O)CCC(=O)O)c2ccc(cc2)Cc2ccc1cc2. The van der Waals surface area contributed by atoms with Crippen molar-refractivity contribution in [1.82, 2.24) is 21.3 Å². The van der Waals surface area contributed by atoms with Crippen LogP contribution >= 0.6 is 0 Å².